The van der Waals surface area contributed by atoms with Gasteiger partial charge >= 0.3 is 0 Å². The molecule has 1 aromatic rings. The fourth-order valence-corrected chi connectivity index (χ4v) is 2.77. The number of benzene rings is 1. The van der Waals surface area contributed by atoms with Crippen LogP contribution < -0.4 is 5.73 Å². The van der Waals surface area contributed by atoms with Gasteiger partial charge in [-0.2, -0.15) is 0 Å². The van der Waals surface area contributed by atoms with Gasteiger partial charge in [0, 0.05) is 0 Å². The summed E-state index contributed by atoms with van der Waals surface area (Å²) in [6.45, 7) is 1.97. The van der Waals surface area contributed by atoms with Crippen molar-refractivity contribution in [2.45, 2.75) is 38.1 Å². The Bertz CT molecular complexity index is 518. The van der Waals surface area contributed by atoms with E-state index in [0.29, 0.717) is 12.8 Å². The van der Waals surface area contributed by atoms with Gasteiger partial charge in [-0.05, 0) is 30.9 Å². The lowest BCUT2D eigenvalue weighted by Gasteiger charge is -2.35. The Labute approximate surface area is 109 Å². The van der Waals surface area contributed by atoms with Crippen LogP contribution in [0.15, 0.2) is 12.1 Å². The van der Waals surface area contributed by atoms with Gasteiger partial charge < -0.3 is 5.73 Å². The van der Waals surface area contributed by atoms with Gasteiger partial charge in [-0.1, -0.05) is 19.8 Å². The van der Waals surface area contributed by atoms with Crippen LogP contribution in [-0.2, 0) is 0 Å². The highest BCUT2D eigenvalue weighted by molar-refractivity contribution is 6.03. The molecule has 1 aliphatic carbocycles. The maximum Gasteiger partial charge on any atom is 0.195 e. The highest BCUT2D eigenvalue weighted by Crippen LogP contribution is 2.33. The number of ketones is 1. The lowest BCUT2D eigenvalue weighted by atomic mass is 9.73. The highest BCUT2D eigenvalue weighted by atomic mass is 19.2. The molecule has 0 saturated heterocycles. The van der Waals surface area contributed by atoms with Gasteiger partial charge in [0.15, 0.2) is 23.2 Å². The average Bonchev–Trinajstić information content (AvgIpc) is 2.35. The Hall–Kier alpha value is -1.36. The van der Waals surface area contributed by atoms with Crippen LogP contribution in [0, 0.1) is 23.4 Å². The van der Waals surface area contributed by atoms with E-state index in [2.05, 4.69) is 0 Å². The maximum absolute atomic E-state index is 13.6. The molecule has 0 aromatic heterocycles. The molecule has 1 aromatic carbocycles. The predicted octanol–water partition coefficient (Wildman–Crippen LogP) is 3.19. The fraction of sp³-hybridized carbons (Fsp3) is 0.500. The summed E-state index contributed by atoms with van der Waals surface area (Å²) in [5.74, 6) is -4.77. The van der Waals surface area contributed by atoms with Crippen LogP contribution in [0.4, 0.5) is 13.2 Å². The number of hydrogen-bond donors (Lipinski definition) is 1. The zero-order valence-corrected chi connectivity index (χ0v) is 10.7. The van der Waals surface area contributed by atoms with Crippen molar-refractivity contribution in [2.75, 3.05) is 0 Å². The van der Waals surface area contributed by atoms with Crippen molar-refractivity contribution in [3.63, 3.8) is 0 Å². The number of nitrogens with two attached hydrogens (primary N) is 1. The average molecular weight is 271 g/mol. The third kappa shape index (κ3) is 2.52. The molecule has 2 nitrogen and oxygen atoms in total. The van der Waals surface area contributed by atoms with Crippen LogP contribution in [0.25, 0.3) is 0 Å². The van der Waals surface area contributed by atoms with E-state index in [0.717, 1.165) is 25.0 Å². The Morgan fingerprint density at radius 2 is 2.00 bits per heavy atom. The minimum absolute atomic E-state index is 0.260. The molecule has 1 aliphatic rings. The number of Topliss-reactive ketones (excluding diaryl/α,β-unsaturated/α-hetero) is 1. The number of carbonyl (C=O) groups excluding carboxylic acids is 1. The topological polar surface area (TPSA) is 43.1 Å². The van der Waals surface area contributed by atoms with Crippen molar-refractivity contribution < 1.29 is 18.0 Å². The second-order valence-electron chi connectivity index (χ2n) is 5.41. The molecule has 19 heavy (non-hydrogen) atoms. The molecule has 0 bridgehead atoms. The highest BCUT2D eigenvalue weighted by Gasteiger charge is 2.39. The molecule has 0 aliphatic heterocycles. The van der Waals surface area contributed by atoms with E-state index in [4.69, 9.17) is 5.73 Å². The Morgan fingerprint density at radius 3 is 2.63 bits per heavy atom. The first-order valence-corrected chi connectivity index (χ1v) is 6.32. The van der Waals surface area contributed by atoms with E-state index < -0.39 is 34.3 Å². The number of rotatable bonds is 2. The van der Waals surface area contributed by atoms with E-state index >= 15 is 0 Å². The van der Waals surface area contributed by atoms with Crippen molar-refractivity contribution >= 4 is 5.78 Å². The van der Waals surface area contributed by atoms with Gasteiger partial charge in [0.1, 0.15) is 0 Å². The van der Waals surface area contributed by atoms with E-state index in [9.17, 15) is 18.0 Å². The molecular weight excluding hydrogens is 255 g/mol. The number of halogens is 3. The molecule has 104 valence electrons. The van der Waals surface area contributed by atoms with Gasteiger partial charge in [-0.15, -0.1) is 0 Å². The minimum atomic E-state index is -1.63. The monoisotopic (exact) mass is 271 g/mol. The normalized spacial score (nSPS) is 27.3. The summed E-state index contributed by atoms with van der Waals surface area (Å²) in [5.41, 5.74) is 4.41. The largest absolute Gasteiger partial charge is 0.319 e. The van der Waals surface area contributed by atoms with Crippen molar-refractivity contribution in [1.29, 1.82) is 0 Å². The first kappa shape index (κ1) is 14.1. The van der Waals surface area contributed by atoms with Crippen molar-refractivity contribution in [2.24, 2.45) is 11.7 Å². The summed E-state index contributed by atoms with van der Waals surface area (Å²) < 4.78 is 39.7. The van der Waals surface area contributed by atoms with Crippen molar-refractivity contribution in [3.8, 4) is 0 Å². The van der Waals surface area contributed by atoms with Crippen molar-refractivity contribution in [1.82, 2.24) is 0 Å². The molecule has 2 rings (SSSR count). The molecule has 0 radical (unpaired) electrons. The molecule has 0 heterocycles. The van der Waals surface area contributed by atoms with Crippen molar-refractivity contribution in [3.05, 3.63) is 35.1 Å². The number of hydrogen-bond acceptors (Lipinski definition) is 2. The van der Waals surface area contributed by atoms with E-state index in [1.807, 2.05) is 6.92 Å². The van der Waals surface area contributed by atoms with Crippen LogP contribution in [0.5, 0.6) is 0 Å². The summed E-state index contributed by atoms with van der Waals surface area (Å²) in [5, 5.41) is 0. The molecule has 2 atom stereocenters. The van der Waals surface area contributed by atoms with E-state index in [-0.39, 0.29) is 5.92 Å². The zero-order valence-electron chi connectivity index (χ0n) is 10.7. The molecule has 2 N–H and O–H groups in total. The van der Waals surface area contributed by atoms with Crippen LogP contribution in [-0.4, -0.2) is 11.3 Å². The molecule has 1 saturated carbocycles. The van der Waals surface area contributed by atoms with Gasteiger partial charge in [0.2, 0.25) is 0 Å². The summed E-state index contributed by atoms with van der Waals surface area (Å²) in [7, 11) is 0. The lowest BCUT2D eigenvalue weighted by molar-refractivity contribution is 0.0814. The van der Waals surface area contributed by atoms with Gasteiger partial charge in [0.05, 0.1) is 11.1 Å². The first-order valence-electron chi connectivity index (χ1n) is 6.32. The minimum Gasteiger partial charge on any atom is -0.319 e. The second-order valence-corrected chi connectivity index (χ2v) is 5.41. The van der Waals surface area contributed by atoms with Gasteiger partial charge in [0.25, 0.3) is 0 Å². The predicted molar refractivity (Wildman–Crippen MR) is 65.2 cm³/mol. The fourth-order valence-electron chi connectivity index (χ4n) is 2.77. The quantitative estimate of drug-likeness (QED) is 0.663. The third-order valence-electron chi connectivity index (χ3n) is 3.76. The summed E-state index contributed by atoms with van der Waals surface area (Å²) in [6.07, 6.45) is 2.61. The summed E-state index contributed by atoms with van der Waals surface area (Å²) in [4.78, 5) is 12.3. The lowest BCUT2D eigenvalue weighted by Crippen LogP contribution is -2.51. The van der Waals surface area contributed by atoms with Crippen LogP contribution in [0.2, 0.25) is 0 Å². The molecule has 2 unspecified atom stereocenters. The maximum atomic E-state index is 13.6. The first-order chi connectivity index (χ1) is 8.85. The summed E-state index contributed by atoms with van der Waals surface area (Å²) >= 11 is 0. The molecule has 0 spiro atoms. The van der Waals surface area contributed by atoms with E-state index in [1.54, 1.807) is 0 Å². The van der Waals surface area contributed by atoms with Crippen LogP contribution in [0.3, 0.4) is 0 Å². The van der Waals surface area contributed by atoms with Crippen LogP contribution in [0.1, 0.15) is 43.0 Å². The summed E-state index contributed by atoms with van der Waals surface area (Å²) in [6, 6.07) is 1.71. The van der Waals surface area contributed by atoms with E-state index in [1.165, 1.54) is 0 Å². The molecule has 1 fully saturated rings. The van der Waals surface area contributed by atoms with Gasteiger partial charge in [-0.3, -0.25) is 4.79 Å². The number of carbonyl (C=O) groups is 1. The smallest absolute Gasteiger partial charge is 0.195 e. The molecule has 5 heteroatoms. The molecule has 0 amide bonds. The SMILES string of the molecule is CC1CCCC(N)(C(=O)c2ccc(F)c(F)c2F)C1. The Kier molecular flexibility index (Phi) is 3.67. The zero-order chi connectivity index (χ0) is 14.2. The third-order valence-corrected chi connectivity index (χ3v) is 3.76. The van der Waals surface area contributed by atoms with Gasteiger partial charge in [-0.25, -0.2) is 13.2 Å². The van der Waals surface area contributed by atoms with Crippen LogP contribution >= 0.6 is 0 Å². The second kappa shape index (κ2) is 4.96. The Balaban J connectivity index is 2.36. The molecular formula is C14H16F3NO. The standard InChI is InChI=1S/C14H16F3NO/c1-8-3-2-6-14(18,7-8)13(19)9-4-5-10(15)12(17)11(9)16/h4-5,8H,2-3,6-7,18H2,1H3. The Morgan fingerprint density at radius 1 is 1.32 bits per heavy atom.